The molecule has 0 radical (unpaired) electrons. The highest BCUT2D eigenvalue weighted by Crippen LogP contribution is 2.25. The van der Waals surface area contributed by atoms with Crippen LogP contribution in [0.1, 0.15) is 10.4 Å². The van der Waals surface area contributed by atoms with Crippen molar-refractivity contribution in [1.82, 2.24) is 5.16 Å². The Bertz CT molecular complexity index is 641. The van der Waals surface area contributed by atoms with Crippen molar-refractivity contribution in [3.8, 4) is 10.6 Å². The Balaban J connectivity index is 1.76. The molecule has 3 aromatic rings. The molecule has 0 aliphatic heterocycles. The summed E-state index contributed by atoms with van der Waals surface area (Å²) in [7, 11) is 0. The van der Waals surface area contributed by atoms with Gasteiger partial charge in [0.25, 0.3) is 5.91 Å². The van der Waals surface area contributed by atoms with E-state index in [4.69, 9.17) is 8.94 Å². The Hall–Kier alpha value is -2.34. The first-order chi connectivity index (χ1) is 8.83. The number of aromatic nitrogens is 1. The molecule has 90 valence electrons. The van der Waals surface area contributed by atoms with E-state index in [1.54, 1.807) is 23.5 Å². The molecule has 0 aliphatic rings. The molecule has 0 aromatic carbocycles. The molecule has 1 amide bonds. The number of thiophene rings is 1. The van der Waals surface area contributed by atoms with Crippen LogP contribution in [0.25, 0.3) is 10.6 Å². The highest BCUT2D eigenvalue weighted by molar-refractivity contribution is 7.13. The Labute approximate surface area is 106 Å². The van der Waals surface area contributed by atoms with Crippen LogP contribution in [0.3, 0.4) is 0 Å². The molecule has 0 spiro atoms. The number of amides is 1. The first-order valence-corrected chi connectivity index (χ1v) is 6.05. The van der Waals surface area contributed by atoms with Gasteiger partial charge in [-0.3, -0.25) is 10.1 Å². The summed E-state index contributed by atoms with van der Waals surface area (Å²) in [4.78, 5) is 12.7. The van der Waals surface area contributed by atoms with Crippen LogP contribution in [-0.4, -0.2) is 11.1 Å². The second kappa shape index (κ2) is 4.50. The average Bonchev–Trinajstić information content (AvgIpc) is 3.12. The average molecular weight is 260 g/mol. The fourth-order valence-electron chi connectivity index (χ4n) is 1.45. The third-order valence-corrected chi connectivity index (χ3v) is 3.20. The van der Waals surface area contributed by atoms with E-state index < -0.39 is 0 Å². The fourth-order valence-corrected chi connectivity index (χ4v) is 2.13. The first kappa shape index (κ1) is 10.8. The zero-order valence-electron chi connectivity index (χ0n) is 9.12. The number of carbonyl (C=O) groups is 1. The minimum atomic E-state index is -0.294. The number of hydrogen-bond acceptors (Lipinski definition) is 5. The third-order valence-electron chi connectivity index (χ3n) is 2.30. The predicted molar refractivity (Wildman–Crippen MR) is 66.5 cm³/mol. The summed E-state index contributed by atoms with van der Waals surface area (Å²) < 4.78 is 9.88. The number of carbonyl (C=O) groups excluding carboxylic acids is 1. The molecule has 3 rings (SSSR count). The molecule has 6 heteroatoms. The van der Waals surface area contributed by atoms with Gasteiger partial charge in [0.1, 0.15) is 12.0 Å². The van der Waals surface area contributed by atoms with Crippen molar-refractivity contribution in [1.29, 1.82) is 0 Å². The molecular weight excluding hydrogens is 252 g/mol. The second-order valence-corrected chi connectivity index (χ2v) is 4.47. The number of furan rings is 1. The summed E-state index contributed by atoms with van der Waals surface area (Å²) in [5.74, 6) is 0.0160. The predicted octanol–water partition coefficient (Wildman–Crippen LogP) is 3.25. The Morgan fingerprint density at radius 1 is 1.39 bits per heavy atom. The second-order valence-electron chi connectivity index (χ2n) is 3.52. The Morgan fingerprint density at radius 2 is 2.33 bits per heavy atom. The molecular formula is C12H8N2O3S. The largest absolute Gasteiger partial charge is 0.472 e. The van der Waals surface area contributed by atoms with Crippen molar-refractivity contribution in [3.05, 3.63) is 47.7 Å². The lowest BCUT2D eigenvalue weighted by molar-refractivity contribution is 0.102. The molecule has 5 nitrogen and oxygen atoms in total. The summed E-state index contributed by atoms with van der Waals surface area (Å²) in [6.07, 6.45) is 2.80. The number of hydrogen-bond donors (Lipinski definition) is 1. The quantitative estimate of drug-likeness (QED) is 0.784. The van der Waals surface area contributed by atoms with Gasteiger partial charge in [-0.05, 0) is 17.5 Å². The van der Waals surface area contributed by atoms with E-state index in [9.17, 15) is 4.79 Å². The molecule has 1 N–H and O–H groups in total. The summed E-state index contributed by atoms with van der Waals surface area (Å²) in [6.45, 7) is 0. The number of nitrogens with one attached hydrogen (secondary N) is 1. The number of rotatable bonds is 3. The maximum atomic E-state index is 11.7. The van der Waals surface area contributed by atoms with Crippen LogP contribution in [0.15, 0.2) is 51.1 Å². The van der Waals surface area contributed by atoms with Crippen LogP contribution in [-0.2, 0) is 0 Å². The van der Waals surface area contributed by atoms with E-state index in [1.165, 1.54) is 12.5 Å². The topological polar surface area (TPSA) is 68.3 Å². The van der Waals surface area contributed by atoms with Crippen LogP contribution in [0, 0.1) is 0 Å². The molecule has 0 bridgehead atoms. The minimum absolute atomic E-state index is 0.294. The van der Waals surface area contributed by atoms with Crippen LogP contribution >= 0.6 is 11.3 Å². The maximum Gasteiger partial charge on any atom is 0.261 e. The Kier molecular flexibility index (Phi) is 2.70. The van der Waals surface area contributed by atoms with Crippen molar-refractivity contribution in [2.45, 2.75) is 0 Å². The molecule has 0 saturated carbocycles. The summed E-state index contributed by atoms with van der Waals surface area (Å²) in [5, 5.41) is 8.45. The van der Waals surface area contributed by atoms with Gasteiger partial charge in [0, 0.05) is 6.07 Å². The van der Waals surface area contributed by atoms with Gasteiger partial charge in [-0.15, -0.1) is 11.3 Å². The molecule has 0 aliphatic carbocycles. The third kappa shape index (κ3) is 2.05. The molecule has 18 heavy (non-hydrogen) atoms. The van der Waals surface area contributed by atoms with Gasteiger partial charge in [0.05, 0.1) is 16.7 Å². The van der Waals surface area contributed by atoms with E-state index in [2.05, 4.69) is 10.5 Å². The van der Waals surface area contributed by atoms with Crippen molar-refractivity contribution in [3.63, 3.8) is 0 Å². The van der Waals surface area contributed by atoms with Crippen molar-refractivity contribution < 1.29 is 13.7 Å². The van der Waals surface area contributed by atoms with Gasteiger partial charge in [0.2, 0.25) is 5.88 Å². The van der Waals surface area contributed by atoms with Gasteiger partial charge >= 0.3 is 0 Å². The van der Waals surface area contributed by atoms with Crippen LogP contribution in [0.5, 0.6) is 0 Å². The molecule has 3 heterocycles. The zero-order chi connectivity index (χ0) is 12.4. The summed E-state index contributed by atoms with van der Waals surface area (Å²) in [6, 6.07) is 7.12. The van der Waals surface area contributed by atoms with E-state index in [0.29, 0.717) is 17.1 Å². The van der Waals surface area contributed by atoms with Gasteiger partial charge < -0.3 is 8.94 Å². The summed E-state index contributed by atoms with van der Waals surface area (Å²) >= 11 is 1.56. The monoisotopic (exact) mass is 260 g/mol. The lowest BCUT2D eigenvalue weighted by atomic mass is 10.3. The van der Waals surface area contributed by atoms with Crippen molar-refractivity contribution in [2.75, 3.05) is 5.32 Å². The maximum absolute atomic E-state index is 11.7. The first-order valence-electron chi connectivity index (χ1n) is 5.17. The molecule has 3 aromatic heterocycles. The highest BCUT2D eigenvalue weighted by atomic mass is 32.1. The Morgan fingerprint density at radius 3 is 3.06 bits per heavy atom. The molecule has 0 unspecified atom stereocenters. The van der Waals surface area contributed by atoms with E-state index in [0.717, 1.165) is 4.88 Å². The van der Waals surface area contributed by atoms with Gasteiger partial charge in [-0.2, -0.15) is 0 Å². The van der Waals surface area contributed by atoms with E-state index >= 15 is 0 Å². The SMILES string of the molecule is O=C(Nc1cc(-c2cccs2)no1)c1ccoc1. The molecule has 0 saturated heterocycles. The zero-order valence-corrected chi connectivity index (χ0v) is 9.94. The van der Waals surface area contributed by atoms with Crippen LogP contribution in [0.2, 0.25) is 0 Å². The normalized spacial score (nSPS) is 10.4. The lowest BCUT2D eigenvalue weighted by Gasteiger charge is -1.95. The smallest absolute Gasteiger partial charge is 0.261 e. The fraction of sp³-hybridized carbons (Fsp3) is 0. The van der Waals surface area contributed by atoms with Gasteiger partial charge in [0.15, 0.2) is 0 Å². The van der Waals surface area contributed by atoms with Gasteiger partial charge in [-0.25, -0.2) is 0 Å². The number of nitrogens with zero attached hydrogens (tertiary/aromatic N) is 1. The number of anilines is 1. The van der Waals surface area contributed by atoms with Crippen LogP contribution < -0.4 is 5.32 Å². The minimum Gasteiger partial charge on any atom is -0.472 e. The van der Waals surface area contributed by atoms with Crippen LogP contribution in [0.4, 0.5) is 5.88 Å². The lowest BCUT2D eigenvalue weighted by Crippen LogP contribution is -2.09. The standard InChI is InChI=1S/C12H8N2O3S/c15-12(8-3-4-16-7-8)13-11-6-9(14-17-11)10-2-1-5-18-10/h1-7H,(H,13,15). The highest BCUT2D eigenvalue weighted by Gasteiger charge is 2.12. The molecule has 0 atom stereocenters. The summed E-state index contributed by atoms with van der Waals surface area (Å²) in [5.41, 5.74) is 1.14. The van der Waals surface area contributed by atoms with Gasteiger partial charge in [-0.1, -0.05) is 11.2 Å². The van der Waals surface area contributed by atoms with E-state index in [1.807, 2.05) is 17.5 Å². The van der Waals surface area contributed by atoms with E-state index in [-0.39, 0.29) is 5.91 Å². The van der Waals surface area contributed by atoms with Crippen molar-refractivity contribution in [2.24, 2.45) is 0 Å². The van der Waals surface area contributed by atoms with Crippen molar-refractivity contribution >= 4 is 23.1 Å². The molecule has 0 fully saturated rings.